The second-order valence-corrected chi connectivity index (χ2v) is 6.83. The number of methoxy groups -OCH3 is 2. The average molecular weight is 374 g/mol. The molecule has 0 radical (unpaired) electrons. The molecule has 2 amide bonds. The number of hydrogen-bond donors (Lipinski definition) is 1. The topological polar surface area (TPSA) is 84.9 Å². The molecule has 1 aliphatic heterocycles. The van der Waals surface area contributed by atoms with Crippen molar-refractivity contribution in [2.75, 3.05) is 31.0 Å². The van der Waals surface area contributed by atoms with Gasteiger partial charge in [-0.3, -0.25) is 9.59 Å². The van der Waals surface area contributed by atoms with Crippen molar-refractivity contribution in [3.05, 3.63) is 41.3 Å². The molecular weight excluding hydrogens is 356 g/mol. The normalized spacial score (nSPS) is 16.5. The van der Waals surface area contributed by atoms with Crippen LogP contribution in [-0.2, 0) is 14.3 Å². The average Bonchev–Trinajstić information content (AvgIpc) is 3.28. The van der Waals surface area contributed by atoms with E-state index >= 15 is 0 Å². The van der Waals surface area contributed by atoms with Crippen LogP contribution < -0.4 is 15.0 Å². The van der Waals surface area contributed by atoms with Crippen molar-refractivity contribution < 1.29 is 23.9 Å². The van der Waals surface area contributed by atoms with Crippen molar-refractivity contribution in [2.24, 2.45) is 5.92 Å². The number of anilines is 2. The maximum atomic E-state index is 12.5. The van der Waals surface area contributed by atoms with Gasteiger partial charge in [0, 0.05) is 18.7 Å². The lowest BCUT2D eigenvalue weighted by Gasteiger charge is -2.17. The largest absolute Gasteiger partial charge is 0.497 e. The first kappa shape index (κ1) is 17.9. The lowest BCUT2D eigenvalue weighted by atomic mass is 10.1. The Morgan fingerprint density at radius 1 is 1.15 bits per heavy atom. The van der Waals surface area contributed by atoms with Crippen LogP contribution in [0, 0.1) is 5.92 Å². The van der Waals surface area contributed by atoms with Gasteiger partial charge in [0.15, 0.2) is 0 Å². The third-order valence-electron chi connectivity index (χ3n) is 4.12. The molecule has 1 fully saturated rings. The molecule has 2 heterocycles. The van der Waals surface area contributed by atoms with Crippen molar-refractivity contribution in [1.82, 2.24) is 0 Å². The number of benzene rings is 1. The summed E-state index contributed by atoms with van der Waals surface area (Å²) in [6.07, 6.45) is 0.146. The van der Waals surface area contributed by atoms with Gasteiger partial charge in [-0.25, -0.2) is 4.79 Å². The first-order valence-corrected chi connectivity index (χ1v) is 8.77. The minimum absolute atomic E-state index is 0.100. The monoisotopic (exact) mass is 374 g/mol. The Morgan fingerprint density at radius 2 is 1.88 bits per heavy atom. The molecule has 1 atom stereocenters. The summed E-state index contributed by atoms with van der Waals surface area (Å²) in [7, 11) is 2.88. The summed E-state index contributed by atoms with van der Waals surface area (Å²) in [4.78, 5) is 38.2. The third kappa shape index (κ3) is 3.70. The minimum atomic E-state index is -0.451. The molecule has 1 aliphatic rings. The highest BCUT2D eigenvalue weighted by Crippen LogP contribution is 2.29. The minimum Gasteiger partial charge on any atom is -0.497 e. The number of rotatable bonds is 5. The van der Waals surface area contributed by atoms with E-state index in [9.17, 15) is 14.4 Å². The van der Waals surface area contributed by atoms with Crippen molar-refractivity contribution in [1.29, 1.82) is 0 Å². The van der Waals surface area contributed by atoms with Gasteiger partial charge in [-0.15, -0.1) is 11.3 Å². The summed E-state index contributed by atoms with van der Waals surface area (Å²) < 4.78 is 9.76. The third-order valence-corrected chi connectivity index (χ3v) is 5.10. The van der Waals surface area contributed by atoms with E-state index in [2.05, 4.69) is 10.1 Å². The van der Waals surface area contributed by atoms with E-state index in [1.54, 1.807) is 48.4 Å². The molecule has 2 aromatic rings. The molecule has 0 saturated carbocycles. The van der Waals surface area contributed by atoms with Crippen LogP contribution in [0.1, 0.15) is 16.1 Å². The fourth-order valence-electron chi connectivity index (χ4n) is 2.73. The van der Waals surface area contributed by atoms with Crippen LogP contribution in [0.5, 0.6) is 5.75 Å². The molecule has 3 rings (SSSR count). The molecule has 0 unspecified atom stereocenters. The summed E-state index contributed by atoms with van der Waals surface area (Å²) in [5.74, 6) is -0.538. The number of ether oxygens (including phenoxy) is 2. The van der Waals surface area contributed by atoms with Gasteiger partial charge in [-0.05, 0) is 36.4 Å². The zero-order chi connectivity index (χ0) is 18.7. The Morgan fingerprint density at radius 3 is 2.54 bits per heavy atom. The Labute approximate surface area is 154 Å². The Kier molecular flexibility index (Phi) is 5.22. The molecule has 0 spiro atoms. The van der Waals surface area contributed by atoms with Crippen LogP contribution in [0.4, 0.5) is 10.7 Å². The first-order valence-electron chi connectivity index (χ1n) is 7.95. The molecule has 7 nitrogen and oxygen atoms in total. The van der Waals surface area contributed by atoms with Crippen molar-refractivity contribution in [3.8, 4) is 5.75 Å². The standard InChI is InChI=1S/C18H18N2O5S/c1-24-13-5-3-12(4-6-13)20-10-11(9-16(20)21)17(22)19-15-8-7-14(26-15)18(23)25-2/h3-8,11H,9-10H2,1-2H3,(H,19,22)/t11-/m1/s1. The molecule has 136 valence electrons. The van der Waals surface area contributed by atoms with Gasteiger partial charge in [0.05, 0.1) is 25.1 Å². The summed E-state index contributed by atoms with van der Waals surface area (Å²) in [6, 6.07) is 10.4. The quantitative estimate of drug-likeness (QED) is 0.813. The second-order valence-electron chi connectivity index (χ2n) is 5.75. The highest BCUT2D eigenvalue weighted by atomic mass is 32.1. The van der Waals surface area contributed by atoms with Crippen LogP contribution in [-0.4, -0.2) is 38.5 Å². The van der Waals surface area contributed by atoms with E-state index < -0.39 is 11.9 Å². The first-order chi connectivity index (χ1) is 12.5. The highest BCUT2D eigenvalue weighted by molar-refractivity contribution is 7.18. The fourth-order valence-corrected chi connectivity index (χ4v) is 3.56. The van der Waals surface area contributed by atoms with E-state index in [-0.39, 0.29) is 18.2 Å². The van der Waals surface area contributed by atoms with Gasteiger partial charge >= 0.3 is 5.97 Å². The lowest BCUT2D eigenvalue weighted by molar-refractivity contribution is -0.122. The lowest BCUT2D eigenvalue weighted by Crippen LogP contribution is -2.27. The maximum Gasteiger partial charge on any atom is 0.348 e. The predicted octanol–water partition coefficient (Wildman–Crippen LogP) is 2.53. The van der Waals surface area contributed by atoms with Crippen molar-refractivity contribution in [2.45, 2.75) is 6.42 Å². The van der Waals surface area contributed by atoms with E-state index in [1.165, 1.54) is 7.11 Å². The van der Waals surface area contributed by atoms with Crippen molar-refractivity contribution in [3.63, 3.8) is 0 Å². The van der Waals surface area contributed by atoms with Crippen LogP contribution in [0.2, 0.25) is 0 Å². The van der Waals surface area contributed by atoms with E-state index in [1.807, 2.05) is 0 Å². The summed E-state index contributed by atoms with van der Waals surface area (Å²) in [5.41, 5.74) is 0.732. The van der Waals surface area contributed by atoms with Gasteiger partial charge in [0.25, 0.3) is 0 Å². The molecule has 8 heteroatoms. The Bertz CT molecular complexity index is 830. The molecule has 1 N–H and O–H groups in total. The smallest absolute Gasteiger partial charge is 0.348 e. The second kappa shape index (κ2) is 7.57. The maximum absolute atomic E-state index is 12.5. The zero-order valence-electron chi connectivity index (χ0n) is 14.4. The SMILES string of the molecule is COC(=O)c1ccc(NC(=O)[C@@H]2CC(=O)N(c3ccc(OC)cc3)C2)s1. The van der Waals surface area contributed by atoms with Gasteiger partial charge in [-0.2, -0.15) is 0 Å². The fraction of sp³-hybridized carbons (Fsp3) is 0.278. The van der Waals surface area contributed by atoms with Gasteiger partial charge < -0.3 is 19.7 Å². The predicted molar refractivity (Wildman–Crippen MR) is 97.7 cm³/mol. The number of nitrogens with one attached hydrogen (secondary N) is 1. The number of hydrogen-bond acceptors (Lipinski definition) is 6. The molecule has 0 aliphatic carbocycles. The van der Waals surface area contributed by atoms with Crippen molar-refractivity contribution >= 4 is 39.8 Å². The van der Waals surface area contributed by atoms with Gasteiger partial charge in [0.2, 0.25) is 11.8 Å². The summed E-state index contributed by atoms with van der Waals surface area (Å²) >= 11 is 1.14. The Balaban J connectivity index is 1.64. The molecule has 0 bridgehead atoms. The van der Waals surface area contributed by atoms with Crippen LogP contribution in [0.25, 0.3) is 0 Å². The molecule has 1 aromatic carbocycles. The van der Waals surface area contributed by atoms with E-state index in [0.29, 0.717) is 22.2 Å². The molecule has 26 heavy (non-hydrogen) atoms. The van der Waals surface area contributed by atoms with Crippen LogP contribution in [0.3, 0.4) is 0 Å². The number of thiophene rings is 1. The molecule has 1 saturated heterocycles. The highest BCUT2D eigenvalue weighted by Gasteiger charge is 2.35. The Hall–Kier alpha value is -2.87. The molecular formula is C18H18N2O5S. The van der Waals surface area contributed by atoms with Gasteiger partial charge in [0.1, 0.15) is 10.6 Å². The molecule has 1 aromatic heterocycles. The number of esters is 1. The summed E-state index contributed by atoms with van der Waals surface area (Å²) in [5, 5.41) is 3.31. The van der Waals surface area contributed by atoms with Crippen LogP contribution >= 0.6 is 11.3 Å². The van der Waals surface area contributed by atoms with E-state index in [0.717, 1.165) is 17.0 Å². The zero-order valence-corrected chi connectivity index (χ0v) is 15.2. The van der Waals surface area contributed by atoms with E-state index in [4.69, 9.17) is 4.74 Å². The van der Waals surface area contributed by atoms with Gasteiger partial charge in [-0.1, -0.05) is 0 Å². The number of carbonyl (C=O) groups is 3. The summed E-state index contributed by atoms with van der Waals surface area (Å²) in [6.45, 7) is 0.312. The number of nitrogens with zero attached hydrogens (tertiary/aromatic N) is 1. The van der Waals surface area contributed by atoms with Crippen LogP contribution in [0.15, 0.2) is 36.4 Å². The number of carbonyl (C=O) groups excluding carboxylic acids is 3. The number of amides is 2.